The summed E-state index contributed by atoms with van der Waals surface area (Å²) in [4.78, 5) is 4.01. The number of nitrogens with zero attached hydrogens (tertiary/aromatic N) is 2. The highest BCUT2D eigenvalue weighted by Gasteiger charge is 2.26. The van der Waals surface area contributed by atoms with Gasteiger partial charge in [0.25, 0.3) is 0 Å². The van der Waals surface area contributed by atoms with E-state index < -0.39 is 0 Å². The second-order valence-corrected chi connectivity index (χ2v) is 4.34. The van der Waals surface area contributed by atoms with Crippen LogP contribution in [0.4, 0.5) is 0 Å². The van der Waals surface area contributed by atoms with Crippen LogP contribution in [0.5, 0.6) is 0 Å². The Morgan fingerprint density at radius 1 is 1.43 bits per heavy atom. The molecule has 0 radical (unpaired) electrons. The molecule has 1 fully saturated rings. The van der Waals surface area contributed by atoms with Gasteiger partial charge < -0.3 is 10.3 Å². The van der Waals surface area contributed by atoms with Gasteiger partial charge in [-0.15, -0.1) is 0 Å². The van der Waals surface area contributed by atoms with Crippen LogP contribution < -0.4 is 5.73 Å². The van der Waals surface area contributed by atoms with Crippen molar-refractivity contribution in [2.24, 2.45) is 17.6 Å². The lowest BCUT2D eigenvalue weighted by atomic mass is 9.79. The summed E-state index contributed by atoms with van der Waals surface area (Å²) in [6.07, 6.45) is 6.28. The molecule has 1 atom stereocenters. The fraction of sp³-hybridized carbons (Fsp3) is 0.800. The van der Waals surface area contributed by atoms with Crippen molar-refractivity contribution >= 4 is 0 Å². The van der Waals surface area contributed by atoms with E-state index in [1.54, 1.807) is 0 Å². The number of rotatable bonds is 2. The third-order valence-electron chi connectivity index (χ3n) is 3.24. The Labute approximate surface area is 83.9 Å². The molecular weight excluding hydrogens is 178 g/mol. The zero-order valence-corrected chi connectivity index (χ0v) is 8.52. The van der Waals surface area contributed by atoms with E-state index in [2.05, 4.69) is 17.1 Å². The van der Waals surface area contributed by atoms with Crippen molar-refractivity contribution < 1.29 is 4.52 Å². The van der Waals surface area contributed by atoms with E-state index in [4.69, 9.17) is 10.3 Å². The molecule has 0 amide bonds. The van der Waals surface area contributed by atoms with Gasteiger partial charge in [-0.25, -0.2) is 0 Å². The molecule has 1 aromatic rings. The van der Waals surface area contributed by atoms with Gasteiger partial charge in [0.1, 0.15) is 0 Å². The van der Waals surface area contributed by atoms with E-state index in [9.17, 15) is 0 Å². The molecule has 0 saturated heterocycles. The molecule has 14 heavy (non-hydrogen) atoms. The summed E-state index contributed by atoms with van der Waals surface area (Å²) < 4.78 is 4.71. The molecule has 0 aromatic carbocycles. The van der Waals surface area contributed by atoms with Gasteiger partial charge >= 0.3 is 0 Å². The molecule has 0 aliphatic heterocycles. The first-order valence-electron chi connectivity index (χ1n) is 5.29. The normalized spacial score (nSPS) is 30.1. The van der Waals surface area contributed by atoms with Crippen LogP contribution in [0.3, 0.4) is 0 Å². The maximum absolute atomic E-state index is 6.07. The maximum Gasteiger partial charge on any atom is 0.213 e. The van der Waals surface area contributed by atoms with Gasteiger partial charge in [-0.05, 0) is 24.7 Å². The predicted molar refractivity (Wildman–Crippen MR) is 52.3 cm³/mol. The minimum atomic E-state index is -0.0405. The molecule has 1 aromatic heterocycles. The molecule has 1 unspecified atom stereocenters. The fourth-order valence-corrected chi connectivity index (χ4v) is 2.18. The van der Waals surface area contributed by atoms with Gasteiger partial charge in [0, 0.05) is 0 Å². The molecule has 1 heterocycles. The summed E-state index contributed by atoms with van der Waals surface area (Å²) in [5, 5.41) is 3.80. The van der Waals surface area contributed by atoms with Gasteiger partial charge in [-0.2, -0.15) is 4.98 Å². The molecule has 1 aliphatic carbocycles. The molecule has 2 N–H and O–H groups in total. The van der Waals surface area contributed by atoms with Crippen molar-refractivity contribution in [3.05, 3.63) is 12.2 Å². The van der Waals surface area contributed by atoms with Crippen molar-refractivity contribution in [1.29, 1.82) is 0 Å². The van der Waals surface area contributed by atoms with Crippen LogP contribution in [-0.4, -0.2) is 10.1 Å². The lowest BCUT2D eigenvalue weighted by molar-refractivity contribution is 0.248. The molecule has 2 rings (SSSR count). The molecule has 1 saturated carbocycles. The van der Waals surface area contributed by atoms with Crippen LogP contribution in [-0.2, 0) is 0 Å². The van der Waals surface area contributed by atoms with Crippen molar-refractivity contribution in [1.82, 2.24) is 10.1 Å². The van der Waals surface area contributed by atoms with Gasteiger partial charge in [0.2, 0.25) is 6.39 Å². The van der Waals surface area contributed by atoms with Crippen LogP contribution in [0.2, 0.25) is 0 Å². The highest BCUT2D eigenvalue weighted by Crippen LogP contribution is 2.34. The van der Waals surface area contributed by atoms with Crippen LogP contribution in [0, 0.1) is 11.8 Å². The van der Waals surface area contributed by atoms with E-state index in [1.165, 1.54) is 32.1 Å². The van der Waals surface area contributed by atoms with Crippen LogP contribution in [0.25, 0.3) is 0 Å². The zero-order chi connectivity index (χ0) is 9.97. The summed E-state index contributed by atoms with van der Waals surface area (Å²) >= 11 is 0. The Bertz CT molecular complexity index is 265. The third kappa shape index (κ3) is 1.95. The van der Waals surface area contributed by atoms with E-state index in [0.717, 1.165) is 5.92 Å². The van der Waals surface area contributed by atoms with Gasteiger partial charge in [-0.1, -0.05) is 24.9 Å². The van der Waals surface area contributed by atoms with Crippen LogP contribution >= 0.6 is 0 Å². The smallest absolute Gasteiger partial charge is 0.213 e. The lowest BCUT2D eigenvalue weighted by Crippen LogP contribution is -2.26. The second-order valence-electron chi connectivity index (χ2n) is 4.34. The maximum atomic E-state index is 6.07. The summed E-state index contributed by atoms with van der Waals surface area (Å²) in [5.74, 6) is 2.04. The molecule has 4 nitrogen and oxygen atoms in total. The van der Waals surface area contributed by atoms with E-state index in [0.29, 0.717) is 11.7 Å². The standard InChI is InChI=1S/C10H17N3O/c1-7-2-4-8(5-3-7)9(11)10-12-6-14-13-10/h6-9H,2-5,11H2,1H3. The van der Waals surface area contributed by atoms with Crippen molar-refractivity contribution in [3.8, 4) is 0 Å². The summed E-state index contributed by atoms with van der Waals surface area (Å²) in [6, 6.07) is -0.0405. The number of nitrogens with two attached hydrogens (primary N) is 1. The van der Waals surface area contributed by atoms with Crippen molar-refractivity contribution in [2.45, 2.75) is 38.6 Å². The first kappa shape index (κ1) is 9.65. The summed E-state index contributed by atoms with van der Waals surface area (Å²) in [5.41, 5.74) is 6.07. The summed E-state index contributed by atoms with van der Waals surface area (Å²) in [7, 11) is 0. The average Bonchev–Trinajstić information content (AvgIpc) is 2.71. The van der Waals surface area contributed by atoms with E-state index in [-0.39, 0.29) is 6.04 Å². The third-order valence-corrected chi connectivity index (χ3v) is 3.24. The Balaban J connectivity index is 1.95. The molecule has 4 heteroatoms. The number of aromatic nitrogens is 2. The quantitative estimate of drug-likeness (QED) is 0.782. The first-order valence-corrected chi connectivity index (χ1v) is 5.29. The monoisotopic (exact) mass is 195 g/mol. The van der Waals surface area contributed by atoms with Crippen LogP contribution in [0.15, 0.2) is 10.9 Å². The predicted octanol–water partition coefficient (Wildman–Crippen LogP) is 1.90. The van der Waals surface area contributed by atoms with Crippen molar-refractivity contribution in [3.63, 3.8) is 0 Å². The minimum Gasteiger partial charge on any atom is -0.343 e. The SMILES string of the molecule is CC1CCC(C(N)c2ncon2)CC1. The highest BCUT2D eigenvalue weighted by atomic mass is 16.5. The van der Waals surface area contributed by atoms with Gasteiger partial charge in [0.15, 0.2) is 5.82 Å². The Morgan fingerprint density at radius 3 is 2.71 bits per heavy atom. The zero-order valence-electron chi connectivity index (χ0n) is 8.52. The number of hydrogen-bond acceptors (Lipinski definition) is 4. The van der Waals surface area contributed by atoms with Gasteiger partial charge in [0.05, 0.1) is 6.04 Å². The Kier molecular flexibility index (Phi) is 2.82. The molecule has 1 aliphatic rings. The Hall–Kier alpha value is -0.900. The van der Waals surface area contributed by atoms with Crippen LogP contribution in [0.1, 0.15) is 44.5 Å². The lowest BCUT2D eigenvalue weighted by Gasteiger charge is -2.28. The topological polar surface area (TPSA) is 64.9 Å². The van der Waals surface area contributed by atoms with Gasteiger partial charge in [-0.3, -0.25) is 0 Å². The first-order chi connectivity index (χ1) is 6.77. The molecule has 0 bridgehead atoms. The fourth-order valence-electron chi connectivity index (χ4n) is 2.18. The van der Waals surface area contributed by atoms with E-state index >= 15 is 0 Å². The molecule has 0 spiro atoms. The van der Waals surface area contributed by atoms with Crippen molar-refractivity contribution in [2.75, 3.05) is 0 Å². The number of hydrogen-bond donors (Lipinski definition) is 1. The van der Waals surface area contributed by atoms with E-state index in [1.807, 2.05) is 0 Å². The highest BCUT2D eigenvalue weighted by molar-refractivity contribution is 4.93. The summed E-state index contributed by atoms with van der Waals surface area (Å²) in [6.45, 7) is 2.30. The Morgan fingerprint density at radius 2 is 2.14 bits per heavy atom. The largest absolute Gasteiger partial charge is 0.343 e. The molecular formula is C10H17N3O. The average molecular weight is 195 g/mol. The second kappa shape index (κ2) is 4.09. The molecule has 78 valence electrons. The minimum absolute atomic E-state index is 0.0405.